The van der Waals surface area contributed by atoms with Crippen molar-refractivity contribution in [1.82, 2.24) is 9.88 Å². The highest BCUT2D eigenvalue weighted by molar-refractivity contribution is 7.14. The van der Waals surface area contributed by atoms with Gasteiger partial charge in [-0.25, -0.2) is 14.8 Å². The lowest BCUT2D eigenvalue weighted by molar-refractivity contribution is 0.00819. The molecule has 176 valence electrons. The molecule has 0 bridgehead atoms. The zero-order valence-electron chi connectivity index (χ0n) is 19.8. The quantitative estimate of drug-likeness (QED) is 0.536. The molecule has 4 rings (SSSR count). The van der Waals surface area contributed by atoms with Gasteiger partial charge in [-0.1, -0.05) is 6.07 Å². The van der Waals surface area contributed by atoms with E-state index in [1.807, 2.05) is 40.7 Å². The first-order valence-corrected chi connectivity index (χ1v) is 12.0. The van der Waals surface area contributed by atoms with Crippen LogP contribution in [-0.2, 0) is 11.2 Å². The van der Waals surface area contributed by atoms with Crippen LogP contribution in [0.4, 0.5) is 4.79 Å². The molecule has 2 aliphatic heterocycles. The molecule has 2 aliphatic rings. The van der Waals surface area contributed by atoms with E-state index in [1.165, 1.54) is 6.34 Å². The van der Waals surface area contributed by atoms with Crippen molar-refractivity contribution in [3.05, 3.63) is 33.6 Å². The van der Waals surface area contributed by atoms with Gasteiger partial charge in [-0.05, 0) is 52.3 Å². The summed E-state index contributed by atoms with van der Waals surface area (Å²) in [7, 11) is 0. The maximum Gasteiger partial charge on any atom is 0.410 e. The van der Waals surface area contributed by atoms with Gasteiger partial charge in [0.2, 0.25) is 0 Å². The van der Waals surface area contributed by atoms with Gasteiger partial charge in [0.1, 0.15) is 11.4 Å². The Hall–Kier alpha value is -2.94. The molecule has 1 amide bonds. The SMILES string of the molecule is CC(C)N=C(N=CN)c1nc2c(s1)CCOc1ccc(C3CN(C(=O)OC(C)(C)C)C3)cc1-2. The normalized spacial score (nSPS) is 16.8. The van der Waals surface area contributed by atoms with Gasteiger partial charge in [0.05, 0.1) is 18.6 Å². The van der Waals surface area contributed by atoms with E-state index in [9.17, 15) is 4.79 Å². The molecule has 0 aliphatic carbocycles. The number of hydrogen-bond acceptors (Lipinski definition) is 6. The van der Waals surface area contributed by atoms with Crippen molar-refractivity contribution in [3.63, 3.8) is 0 Å². The van der Waals surface area contributed by atoms with Crippen molar-refractivity contribution in [2.24, 2.45) is 15.7 Å². The van der Waals surface area contributed by atoms with Crippen molar-refractivity contribution in [1.29, 1.82) is 0 Å². The molecular formula is C24H31N5O3S. The van der Waals surface area contributed by atoms with Crippen LogP contribution in [0.3, 0.4) is 0 Å². The number of aromatic nitrogens is 1. The number of nitrogens with zero attached hydrogens (tertiary/aromatic N) is 4. The number of aliphatic imine (C=N–C) groups is 2. The van der Waals surface area contributed by atoms with Gasteiger partial charge in [-0.2, -0.15) is 0 Å². The fourth-order valence-corrected chi connectivity index (χ4v) is 4.82. The fraction of sp³-hybridized carbons (Fsp3) is 0.500. The van der Waals surface area contributed by atoms with Crippen molar-refractivity contribution >= 4 is 29.6 Å². The molecule has 3 heterocycles. The second-order valence-corrected chi connectivity index (χ2v) is 10.6. The number of thiazole rings is 1. The Balaban J connectivity index is 1.60. The number of benzene rings is 1. The maximum atomic E-state index is 12.3. The lowest BCUT2D eigenvalue weighted by atomic mass is 9.90. The van der Waals surface area contributed by atoms with Crippen LogP contribution >= 0.6 is 11.3 Å². The maximum absolute atomic E-state index is 12.3. The Kier molecular flexibility index (Phi) is 6.43. The summed E-state index contributed by atoms with van der Waals surface area (Å²) in [6, 6.07) is 6.32. The first-order chi connectivity index (χ1) is 15.6. The van der Waals surface area contributed by atoms with E-state index in [0.717, 1.165) is 38.9 Å². The van der Waals surface area contributed by atoms with E-state index in [-0.39, 0.29) is 18.1 Å². The van der Waals surface area contributed by atoms with Gasteiger partial charge in [-0.15, -0.1) is 11.3 Å². The second-order valence-electron chi connectivity index (χ2n) is 9.55. The average molecular weight is 470 g/mol. The monoisotopic (exact) mass is 469 g/mol. The second kappa shape index (κ2) is 9.13. The molecule has 0 radical (unpaired) electrons. The largest absolute Gasteiger partial charge is 0.493 e. The van der Waals surface area contributed by atoms with Crippen molar-refractivity contribution in [2.45, 2.75) is 58.6 Å². The molecule has 33 heavy (non-hydrogen) atoms. The van der Waals surface area contributed by atoms with Crippen LogP contribution in [0.25, 0.3) is 11.3 Å². The van der Waals surface area contributed by atoms with Crippen molar-refractivity contribution < 1.29 is 14.3 Å². The Morgan fingerprint density at radius 3 is 2.79 bits per heavy atom. The zero-order chi connectivity index (χ0) is 23.8. The number of amidine groups is 1. The average Bonchev–Trinajstić information content (AvgIpc) is 3.02. The van der Waals surface area contributed by atoms with Crippen LogP contribution in [-0.4, -0.2) is 59.5 Å². The molecule has 0 spiro atoms. The molecule has 1 fully saturated rings. The summed E-state index contributed by atoms with van der Waals surface area (Å²) in [4.78, 5) is 28.9. The van der Waals surface area contributed by atoms with Gasteiger partial charge in [0.15, 0.2) is 10.8 Å². The number of hydrogen-bond donors (Lipinski definition) is 1. The minimum absolute atomic E-state index is 0.0844. The third kappa shape index (κ3) is 5.19. The lowest BCUT2D eigenvalue weighted by Gasteiger charge is -2.40. The minimum atomic E-state index is -0.492. The molecule has 0 saturated carbocycles. The molecule has 2 aromatic rings. The Labute approximate surface area is 198 Å². The van der Waals surface area contributed by atoms with Crippen LogP contribution in [0.2, 0.25) is 0 Å². The highest BCUT2D eigenvalue weighted by Gasteiger charge is 2.35. The highest BCUT2D eigenvalue weighted by Crippen LogP contribution is 2.40. The number of amides is 1. The molecule has 1 aromatic carbocycles. The van der Waals surface area contributed by atoms with Gasteiger partial charge >= 0.3 is 6.09 Å². The summed E-state index contributed by atoms with van der Waals surface area (Å²) in [5.41, 5.74) is 8.11. The molecule has 0 atom stereocenters. The van der Waals surface area contributed by atoms with Gasteiger partial charge in [0, 0.05) is 41.9 Å². The van der Waals surface area contributed by atoms with Crippen LogP contribution < -0.4 is 10.5 Å². The summed E-state index contributed by atoms with van der Waals surface area (Å²) >= 11 is 1.59. The summed E-state index contributed by atoms with van der Waals surface area (Å²) in [5.74, 6) is 1.63. The van der Waals surface area contributed by atoms with Crippen LogP contribution in [0, 0.1) is 0 Å². The molecule has 2 N–H and O–H groups in total. The number of ether oxygens (including phenoxy) is 2. The summed E-state index contributed by atoms with van der Waals surface area (Å²) in [5, 5.41) is 0.758. The van der Waals surface area contributed by atoms with E-state index < -0.39 is 5.60 Å². The van der Waals surface area contributed by atoms with Gasteiger partial charge in [-0.3, -0.25) is 4.99 Å². The number of rotatable bonds is 3. The summed E-state index contributed by atoms with van der Waals surface area (Å²) in [6.45, 7) is 11.5. The molecular weight excluding hydrogens is 438 g/mol. The Bertz CT molecular complexity index is 1090. The minimum Gasteiger partial charge on any atom is -0.493 e. The van der Waals surface area contributed by atoms with Crippen molar-refractivity contribution in [2.75, 3.05) is 19.7 Å². The lowest BCUT2D eigenvalue weighted by Crippen LogP contribution is -2.50. The van der Waals surface area contributed by atoms with Crippen LogP contribution in [0.5, 0.6) is 5.75 Å². The number of carbonyl (C=O) groups is 1. The summed E-state index contributed by atoms with van der Waals surface area (Å²) in [6.07, 6.45) is 1.77. The molecule has 9 heteroatoms. The first-order valence-electron chi connectivity index (χ1n) is 11.2. The number of fused-ring (bicyclic) bond motifs is 3. The smallest absolute Gasteiger partial charge is 0.410 e. The van der Waals surface area contributed by atoms with Crippen molar-refractivity contribution in [3.8, 4) is 17.0 Å². The molecule has 1 aromatic heterocycles. The predicted molar refractivity (Wildman–Crippen MR) is 132 cm³/mol. The van der Waals surface area contributed by atoms with Gasteiger partial charge in [0.25, 0.3) is 0 Å². The highest BCUT2D eigenvalue weighted by atomic mass is 32.1. The Morgan fingerprint density at radius 1 is 1.36 bits per heavy atom. The third-order valence-corrected chi connectivity index (χ3v) is 6.43. The van der Waals surface area contributed by atoms with E-state index in [1.54, 1.807) is 16.2 Å². The molecule has 1 saturated heterocycles. The standard InChI is InChI=1S/C24H31N5O3S/c1-14(2)27-21(26-13-25)22-28-20-17-10-15(6-7-18(17)31-9-8-19(20)33-22)16-11-29(12-16)23(30)32-24(3,4)5/h6-7,10,13-14,16H,8-9,11-12H2,1-5H3,(H2,25,26,27). The molecule has 8 nitrogen and oxygen atoms in total. The Morgan fingerprint density at radius 2 is 2.12 bits per heavy atom. The number of carbonyl (C=O) groups excluding carboxylic acids is 1. The van der Waals surface area contributed by atoms with E-state index >= 15 is 0 Å². The van der Waals surface area contributed by atoms with Gasteiger partial charge < -0.3 is 20.1 Å². The van der Waals surface area contributed by atoms with E-state index in [4.69, 9.17) is 20.2 Å². The third-order valence-electron chi connectivity index (χ3n) is 5.32. The fourth-order valence-electron chi connectivity index (χ4n) is 3.82. The van der Waals surface area contributed by atoms with E-state index in [0.29, 0.717) is 25.5 Å². The molecule has 0 unspecified atom stereocenters. The van der Waals surface area contributed by atoms with Crippen LogP contribution in [0.15, 0.2) is 28.2 Å². The summed E-state index contributed by atoms with van der Waals surface area (Å²) < 4.78 is 11.5. The number of nitrogens with two attached hydrogens (primary N) is 1. The van der Waals surface area contributed by atoms with Crippen LogP contribution in [0.1, 0.15) is 56.0 Å². The first kappa shape index (κ1) is 23.2. The zero-order valence-corrected chi connectivity index (χ0v) is 20.6. The van der Waals surface area contributed by atoms with E-state index in [2.05, 4.69) is 22.1 Å². The predicted octanol–water partition coefficient (Wildman–Crippen LogP) is 4.22. The topological polar surface area (TPSA) is 102 Å². The number of likely N-dealkylation sites (tertiary alicyclic amines) is 1.